The normalized spacial score (nSPS) is 10.3. The van der Waals surface area contributed by atoms with Crippen LogP contribution in [0.4, 0.5) is 5.69 Å². The third kappa shape index (κ3) is 3.36. The Labute approximate surface area is 120 Å². The quantitative estimate of drug-likeness (QED) is 0.657. The average Bonchev–Trinajstić information content (AvgIpc) is 2.32. The molecule has 6 heteroatoms. The van der Waals surface area contributed by atoms with Crippen LogP contribution in [0.25, 0.3) is 0 Å². The molecule has 0 atom stereocenters. The van der Waals surface area contributed by atoms with Crippen LogP contribution in [0.3, 0.4) is 0 Å². The summed E-state index contributed by atoms with van der Waals surface area (Å²) in [5.41, 5.74) is 1.54. The van der Waals surface area contributed by atoms with Crippen molar-refractivity contribution >= 4 is 34.8 Å². The van der Waals surface area contributed by atoms with Gasteiger partial charge in [-0.1, -0.05) is 23.2 Å². The van der Waals surface area contributed by atoms with E-state index in [1.165, 1.54) is 18.2 Å². The van der Waals surface area contributed by atoms with E-state index in [2.05, 4.69) is 10.3 Å². The van der Waals surface area contributed by atoms with Crippen LogP contribution < -0.4 is 5.32 Å². The standard InChI is InChI=1S/C13H10Cl2N2O2/c1-7-4-8(5-12(15)16-7)13(19)17-9-2-3-11(18)10(14)6-9/h2-6,18H,1H3,(H,17,19). The van der Waals surface area contributed by atoms with E-state index in [9.17, 15) is 9.90 Å². The van der Waals surface area contributed by atoms with E-state index in [4.69, 9.17) is 23.2 Å². The van der Waals surface area contributed by atoms with Crippen molar-refractivity contribution in [2.45, 2.75) is 6.92 Å². The topological polar surface area (TPSA) is 62.2 Å². The fourth-order valence-electron chi connectivity index (χ4n) is 1.55. The van der Waals surface area contributed by atoms with Crippen LogP contribution in [-0.2, 0) is 0 Å². The third-order valence-corrected chi connectivity index (χ3v) is 2.89. The van der Waals surface area contributed by atoms with E-state index in [0.717, 1.165) is 0 Å². The van der Waals surface area contributed by atoms with Crippen LogP contribution in [0.2, 0.25) is 10.2 Å². The molecular formula is C13H10Cl2N2O2. The molecule has 0 aliphatic carbocycles. The minimum absolute atomic E-state index is 0.0394. The Hall–Kier alpha value is -1.78. The van der Waals surface area contributed by atoms with Gasteiger partial charge in [0.2, 0.25) is 0 Å². The second kappa shape index (κ2) is 5.47. The number of nitrogens with zero attached hydrogens (tertiary/aromatic N) is 1. The SMILES string of the molecule is Cc1cc(C(=O)Nc2ccc(O)c(Cl)c2)cc(Cl)n1. The number of carbonyl (C=O) groups excluding carboxylic acids is 1. The van der Waals surface area contributed by atoms with Crippen molar-refractivity contribution in [1.82, 2.24) is 4.98 Å². The Bertz CT molecular complexity index is 624. The average molecular weight is 297 g/mol. The third-order valence-electron chi connectivity index (χ3n) is 2.39. The molecule has 0 unspecified atom stereocenters. The first-order valence-electron chi connectivity index (χ1n) is 5.40. The molecule has 1 heterocycles. The van der Waals surface area contributed by atoms with E-state index in [1.54, 1.807) is 19.1 Å². The van der Waals surface area contributed by atoms with Gasteiger partial charge in [0.05, 0.1) is 5.02 Å². The number of hydrogen-bond donors (Lipinski definition) is 2. The lowest BCUT2D eigenvalue weighted by atomic mass is 10.2. The predicted octanol–water partition coefficient (Wildman–Crippen LogP) is 3.65. The van der Waals surface area contributed by atoms with Crippen LogP contribution >= 0.6 is 23.2 Å². The van der Waals surface area contributed by atoms with Crippen LogP contribution in [0, 0.1) is 6.92 Å². The Balaban J connectivity index is 2.22. The van der Waals surface area contributed by atoms with Gasteiger partial charge in [0, 0.05) is 16.9 Å². The summed E-state index contributed by atoms with van der Waals surface area (Å²) in [7, 11) is 0. The molecule has 0 radical (unpaired) electrons. The number of hydrogen-bond acceptors (Lipinski definition) is 3. The van der Waals surface area contributed by atoms with E-state index >= 15 is 0 Å². The summed E-state index contributed by atoms with van der Waals surface area (Å²) in [5.74, 6) is -0.364. The summed E-state index contributed by atoms with van der Waals surface area (Å²) in [4.78, 5) is 16.0. The van der Waals surface area contributed by atoms with E-state index < -0.39 is 0 Å². The van der Waals surface area contributed by atoms with Gasteiger partial charge in [-0.25, -0.2) is 4.98 Å². The monoisotopic (exact) mass is 296 g/mol. The smallest absolute Gasteiger partial charge is 0.255 e. The lowest BCUT2D eigenvalue weighted by molar-refractivity contribution is 0.102. The molecule has 1 aromatic carbocycles. The molecule has 0 bridgehead atoms. The fourth-order valence-corrected chi connectivity index (χ4v) is 1.98. The van der Waals surface area contributed by atoms with Gasteiger partial charge in [-0.15, -0.1) is 0 Å². The lowest BCUT2D eigenvalue weighted by Gasteiger charge is -2.07. The summed E-state index contributed by atoms with van der Waals surface area (Å²) >= 11 is 11.6. The number of amides is 1. The number of nitrogens with one attached hydrogen (secondary N) is 1. The molecular weight excluding hydrogens is 287 g/mol. The number of anilines is 1. The van der Waals surface area contributed by atoms with Crippen molar-refractivity contribution in [3.63, 3.8) is 0 Å². The lowest BCUT2D eigenvalue weighted by Crippen LogP contribution is -2.12. The molecule has 2 N–H and O–H groups in total. The largest absolute Gasteiger partial charge is 0.506 e. The summed E-state index contributed by atoms with van der Waals surface area (Å²) in [6.07, 6.45) is 0. The van der Waals surface area contributed by atoms with Crippen molar-refractivity contribution in [2.75, 3.05) is 5.32 Å². The van der Waals surface area contributed by atoms with Gasteiger partial charge in [-0.05, 0) is 37.3 Å². The number of pyridine rings is 1. The molecule has 2 rings (SSSR count). The van der Waals surface area contributed by atoms with Gasteiger partial charge >= 0.3 is 0 Å². The van der Waals surface area contributed by atoms with Crippen molar-refractivity contribution in [3.8, 4) is 5.75 Å². The van der Waals surface area contributed by atoms with Gasteiger partial charge in [-0.3, -0.25) is 4.79 Å². The molecule has 4 nitrogen and oxygen atoms in total. The van der Waals surface area contributed by atoms with Crippen molar-refractivity contribution in [3.05, 3.63) is 51.8 Å². The molecule has 2 aromatic rings. The van der Waals surface area contributed by atoms with Crippen molar-refractivity contribution < 1.29 is 9.90 Å². The second-order valence-corrected chi connectivity index (χ2v) is 4.73. The zero-order chi connectivity index (χ0) is 14.0. The number of phenols is 1. The highest BCUT2D eigenvalue weighted by molar-refractivity contribution is 6.32. The number of aromatic nitrogens is 1. The van der Waals surface area contributed by atoms with E-state index in [-0.39, 0.29) is 21.8 Å². The highest BCUT2D eigenvalue weighted by Gasteiger charge is 2.09. The first-order chi connectivity index (χ1) is 8.95. The molecule has 0 fully saturated rings. The van der Waals surface area contributed by atoms with Gasteiger partial charge in [0.25, 0.3) is 5.91 Å². The van der Waals surface area contributed by atoms with Crippen LogP contribution in [0.5, 0.6) is 5.75 Å². The van der Waals surface area contributed by atoms with Gasteiger partial charge in [-0.2, -0.15) is 0 Å². The van der Waals surface area contributed by atoms with E-state index in [1.807, 2.05) is 0 Å². The first kappa shape index (κ1) is 13.6. The highest BCUT2D eigenvalue weighted by atomic mass is 35.5. The molecule has 98 valence electrons. The molecule has 1 amide bonds. The maximum atomic E-state index is 12.0. The van der Waals surface area contributed by atoms with Crippen LogP contribution in [0.15, 0.2) is 30.3 Å². The number of aryl methyl sites for hydroxylation is 1. The van der Waals surface area contributed by atoms with Crippen LogP contribution in [0.1, 0.15) is 16.1 Å². The van der Waals surface area contributed by atoms with Crippen LogP contribution in [-0.4, -0.2) is 16.0 Å². The molecule has 0 saturated carbocycles. The first-order valence-corrected chi connectivity index (χ1v) is 6.15. The predicted molar refractivity (Wildman–Crippen MR) is 75.1 cm³/mol. The second-order valence-electron chi connectivity index (χ2n) is 3.94. The Morgan fingerprint density at radius 2 is 2.00 bits per heavy atom. The Morgan fingerprint density at radius 3 is 2.63 bits per heavy atom. The Kier molecular flexibility index (Phi) is 3.93. The maximum Gasteiger partial charge on any atom is 0.255 e. The zero-order valence-corrected chi connectivity index (χ0v) is 11.5. The number of benzene rings is 1. The zero-order valence-electron chi connectivity index (χ0n) is 9.95. The maximum absolute atomic E-state index is 12.0. The molecule has 19 heavy (non-hydrogen) atoms. The van der Waals surface area contributed by atoms with Gasteiger partial charge in [0.15, 0.2) is 0 Å². The molecule has 1 aromatic heterocycles. The highest BCUT2D eigenvalue weighted by Crippen LogP contribution is 2.26. The van der Waals surface area contributed by atoms with E-state index in [0.29, 0.717) is 16.9 Å². The summed E-state index contributed by atoms with van der Waals surface area (Å²) in [6, 6.07) is 7.52. The minimum Gasteiger partial charge on any atom is -0.506 e. The number of rotatable bonds is 2. The van der Waals surface area contributed by atoms with Gasteiger partial charge in [0.1, 0.15) is 10.9 Å². The number of phenolic OH excluding ortho intramolecular Hbond substituents is 1. The molecule has 0 aliphatic rings. The fraction of sp³-hybridized carbons (Fsp3) is 0.0769. The number of carbonyl (C=O) groups is 1. The molecule has 0 aliphatic heterocycles. The summed E-state index contributed by atoms with van der Waals surface area (Å²) < 4.78 is 0. The minimum atomic E-state index is -0.325. The van der Waals surface area contributed by atoms with Crippen molar-refractivity contribution in [1.29, 1.82) is 0 Å². The van der Waals surface area contributed by atoms with Gasteiger partial charge < -0.3 is 10.4 Å². The van der Waals surface area contributed by atoms with Crippen molar-refractivity contribution in [2.24, 2.45) is 0 Å². The molecule has 0 spiro atoms. The summed E-state index contributed by atoms with van der Waals surface area (Å²) in [6.45, 7) is 1.75. The number of halogens is 2. The summed E-state index contributed by atoms with van der Waals surface area (Å²) in [5, 5.41) is 12.4. The molecule has 0 saturated heterocycles. The number of aromatic hydroxyl groups is 1. The Morgan fingerprint density at radius 1 is 1.26 bits per heavy atom.